The van der Waals surface area contributed by atoms with Crippen molar-refractivity contribution < 1.29 is 19.0 Å². The molecule has 7 nitrogen and oxygen atoms in total. The first-order valence-electron chi connectivity index (χ1n) is 9.73. The fraction of sp³-hybridized carbons (Fsp3) is 0.261. The SMILES string of the molecule is COc1ccc(NC(=O)N2CCn3cccc3[C@@H]2c2ccc(OC)cc2OC)cc1. The first kappa shape index (κ1) is 19.7. The number of carbonyl (C=O) groups is 1. The molecule has 0 unspecified atom stereocenters. The average Bonchev–Trinajstić information content (AvgIpc) is 3.27. The second kappa shape index (κ2) is 8.41. The van der Waals surface area contributed by atoms with Gasteiger partial charge >= 0.3 is 6.03 Å². The van der Waals surface area contributed by atoms with Gasteiger partial charge in [0.1, 0.15) is 23.3 Å². The highest BCUT2D eigenvalue weighted by Gasteiger charge is 2.34. The molecule has 0 radical (unpaired) electrons. The number of rotatable bonds is 5. The zero-order valence-electron chi connectivity index (χ0n) is 17.3. The molecule has 2 aromatic carbocycles. The van der Waals surface area contributed by atoms with Crippen LogP contribution in [0.25, 0.3) is 0 Å². The van der Waals surface area contributed by atoms with Crippen molar-refractivity contribution in [2.24, 2.45) is 0 Å². The van der Waals surface area contributed by atoms with Crippen molar-refractivity contribution in [2.45, 2.75) is 12.6 Å². The number of fused-ring (bicyclic) bond motifs is 1. The number of nitrogens with zero attached hydrogens (tertiary/aromatic N) is 2. The minimum atomic E-state index is -0.284. The van der Waals surface area contributed by atoms with Crippen LogP contribution >= 0.6 is 0 Å². The largest absolute Gasteiger partial charge is 0.497 e. The van der Waals surface area contributed by atoms with E-state index in [2.05, 4.69) is 9.88 Å². The Morgan fingerprint density at radius 3 is 2.37 bits per heavy atom. The first-order chi connectivity index (χ1) is 14.6. The molecule has 156 valence electrons. The molecule has 1 aromatic heterocycles. The third kappa shape index (κ3) is 3.66. The Morgan fingerprint density at radius 1 is 0.933 bits per heavy atom. The predicted octanol–water partition coefficient (Wildman–Crippen LogP) is 4.15. The highest BCUT2D eigenvalue weighted by molar-refractivity contribution is 5.90. The van der Waals surface area contributed by atoms with Gasteiger partial charge in [-0.1, -0.05) is 0 Å². The number of amides is 2. The number of hydrogen-bond acceptors (Lipinski definition) is 4. The number of anilines is 1. The molecule has 2 amide bonds. The van der Waals surface area contributed by atoms with Gasteiger partial charge < -0.3 is 29.0 Å². The van der Waals surface area contributed by atoms with Gasteiger partial charge in [0.15, 0.2) is 0 Å². The predicted molar refractivity (Wildman–Crippen MR) is 115 cm³/mol. The van der Waals surface area contributed by atoms with Crippen LogP contribution in [-0.4, -0.2) is 43.4 Å². The van der Waals surface area contributed by atoms with Crippen molar-refractivity contribution in [3.8, 4) is 17.2 Å². The Morgan fingerprint density at radius 2 is 1.67 bits per heavy atom. The molecule has 1 N–H and O–H groups in total. The van der Waals surface area contributed by atoms with Gasteiger partial charge in [0, 0.05) is 42.3 Å². The molecule has 0 spiro atoms. The minimum absolute atomic E-state index is 0.171. The summed E-state index contributed by atoms with van der Waals surface area (Å²) >= 11 is 0. The summed E-state index contributed by atoms with van der Waals surface area (Å²) in [5.74, 6) is 2.12. The van der Waals surface area contributed by atoms with E-state index in [1.165, 1.54) is 0 Å². The van der Waals surface area contributed by atoms with E-state index in [9.17, 15) is 4.79 Å². The van der Waals surface area contributed by atoms with Crippen LogP contribution in [0.3, 0.4) is 0 Å². The van der Waals surface area contributed by atoms with Crippen LogP contribution in [0.2, 0.25) is 0 Å². The van der Waals surface area contributed by atoms with Crippen LogP contribution in [0.15, 0.2) is 60.8 Å². The zero-order chi connectivity index (χ0) is 21.1. The summed E-state index contributed by atoms with van der Waals surface area (Å²) in [5, 5.41) is 3.00. The van der Waals surface area contributed by atoms with E-state index in [1.54, 1.807) is 21.3 Å². The van der Waals surface area contributed by atoms with Crippen LogP contribution in [0.5, 0.6) is 17.2 Å². The highest BCUT2D eigenvalue weighted by atomic mass is 16.5. The van der Waals surface area contributed by atoms with E-state index in [0.29, 0.717) is 23.7 Å². The fourth-order valence-corrected chi connectivity index (χ4v) is 3.84. The quantitative estimate of drug-likeness (QED) is 0.690. The molecule has 0 fully saturated rings. The molecule has 4 rings (SSSR count). The van der Waals surface area contributed by atoms with Crippen molar-refractivity contribution in [1.29, 1.82) is 0 Å². The van der Waals surface area contributed by atoms with Gasteiger partial charge in [-0.3, -0.25) is 0 Å². The molecule has 3 aromatic rings. The Labute approximate surface area is 175 Å². The van der Waals surface area contributed by atoms with Gasteiger partial charge in [-0.15, -0.1) is 0 Å². The summed E-state index contributed by atoms with van der Waals surface area (Å²) < 4.78 is 18.3. The number of ether oxygens (including phenoxy) is 3. The molecule has 0 saturated heterocycles. The lowest BCUT2D eigenvalue weighted by Gasteiger charge is -2.37. The maximum Gasteiger partial charge on any atom is 0.322 e. The number of methoxy groups -OCH3 is 3. The number of nitrogens with one attached hydrogen (secondary N) is 1. The van der Waals surface area contributed by atoms with E-state index in [1.807, 2.05) is 65.7 Å². The smallest absolute Gasteiger partial charge is 0.322 e. The number of urea groups is 1. The van der Waals surface area contributed by atoms with Gasteiger partial charge in [-0.25, -0.2) is 4.79 Å². The lowest BCUT2D eigenvalue weighted by molar-refractivity contribution is 0.180. The number of aromatic nitrogens is 1. The lowest BCUT2D eigenvalue weighted by Crippen LogP contribution is -2.44. The lowest BCUT2D eigenvalue weighted by atomic mass is 9.99. The Bertz CT molecular complexity index is 1030. The van der Waals surface area contributed by atoms with Gasteiger partial charge in [-0.2, -0.15) is 0 Å². The fourth-order valence-electron chi connectivity index (χ4n) is 3.84. The molecule has 1 aliphatic heterocycles. The summed E-state index contributed by atoms with van der Waals surface area (Å²) in [6.45, 7) is 1.30. The maximum absolute atomic E-state index is 13.3. The summed E-state index contributed by atoms with van der Waals surface area (Å²) in [6, 6.07) is 16.6. The molecule has 0 bridgehead atoms. The number of hydrogen-bond donors (Lipinski definition) is 1. The van der Waals surface area contributed by atoms with Crippen LogP contribution in [0, 0.1) is 0 Å². The second-order valence-electron chi connectivity index (χ2n) is 6.99. The second-order valence-corrected chi connectivity index (χ2v) is 6.99. The van der Waals surface area contributed by atoms with Crippen LogP contribution in [0.4, 0.5) is 10.5 Å². The van der Waals surface area contributed by atoms with Gasteiger partial charge in [-0.05, 0) is 48.5 Å². The van der Waals surface area contributed by atoms with E-state index in [0.717, 1.165) is 23.6 Å². The van der Waals surface area contributed by atoms with E-state index < -0.39 is 0 Å². The van der Waals surface area contributed by atoms with E-state index in [4.69, 9.17) is 14.2 Å². The van der Waals surface area contributed by atoms with Crippen LogP contribution < -0.4 is 19.5 Å². The van der Waals surface area contributed by atoms with E-state index >= 15 is 0 Å². The molecule has 1 atom stereocenters. The van der Waals surface area contributed by atoms with Crippen molar-refractivity contribution in [2.75, 3.05) is 33.2 Å². The monoisotopic (exact) mass is 407 g/mol. The molecule has 7 heteroatoms. The Hall–Kier alpha value is -3.61. The summed E-state index contributed by atoms with van der Waals surface area (Å²) in [7, 11) is 4.86. The minimum Gasteiger partial charge on any atom is -0.497 e. The van der Waals surface area contributed by atoms with Crippen LogP contribution in [-0.2, 0) is 6.54 Å². The highest BCUT2D eigenvalue weighted by Crippen LogP contribution is 2.39. The number of benzene rings is 2. The van der Waals surface area contributed by atoms with Crippen molar-refractivity contribution >= 4 is 11.7 Å². The molecule has 0 aliphatic carbocycles. The molecular weight excluding hydrogens is 382 g/mol. The number of carbonyl (C=O) groups excluding carboxylic acids is 1. The molecule has 0 saturated carbocycles. The molecule has 1 aliphatic rings. The van der Waals surface area contributed by atoms with Crippen molar-refractivity contribution in [1.82, 2.24) is 9.47 Å². The Balaban J connectivity index is 1.69. The van der Waals surface area contributed by atoms with Crippen molar-refractivity contribution in [3.63, 3.8) is 0 Å². The molecular formula is C23H25N3O4. The Kier molecular flexibility index (Phi) is 5.52. The van der Waals surface area contributed by atoms with Gasteiger partial charge in [0.05, 0.1) is 21.3 Å². The normalized spacial score (nSPS) is 15.3. The van der Waals surface area contributed by atoms with Crippen LogP contribution in [0.1, 0.15) is 17.3 Å². The average molecular weight is 407 g/mol. The summed E-state index contributed by atoms with van der Waals surface area (Å²) in [5.41, 5.74) is 2.65. The standard InChI is InChI=1S/C23H25N3O4/c1-28-17-8-6-16(7-9-17)24-23(27)26-14-13-25-12-4-5-20(25)22(26)19-11-10-18(29-2)15-21(19)30-3/h4-12,15,22H,13-14H2,1-3H3,(H,24,27)/t22-/m0/s1. The molecule has 30 heavy (non-hydrogen) atoms. The van der Waals surface area contributed by atoms with Crippen molar-refractivity contribution in [3.05, 3.63) is 72.1 Å². The van der Waals surface area contributed by atoms with Gasteiger partial charge in [0.2, 0.25) is 0 Å². The van der Waals surface area contributed by atoms with Gasteiger partial charge in [0.25, 0.3) is 0 Å². The third-order valence-electron chi connectivity index (χ3n) is 5.38. The summed E-state index contributed by atoms with van der Waals surface area (Å²) in [4.78, 5) is 15.1. The third-order valence-corrected chi connectivity index (χ3v) is 5.38. The zero-order valence-corrected chi connectivity index (χ0v) is 17.3. The topological polar surface area (TPSA) is 65.0 Å². The maximum atomic E-state index is 13.3. The van der Waals surface area contributed by atoms with E-state index in [-0.39, 0.29) is 12.1 Å². The summed E-state index contributed by atoms with van der Waals surface area (Å²) in [6.07, 6.45) is 2.04. The first-order valence-corrected chi connectivity index (χ1v) is 9.73. The molecule has 2 heterocycles.